The summed E-state index contributed by atoms with van der Waals surface area (Å²) in [5, 5.41) is 2.32. The fraction of sp³-hybridized carbons (Fsp3) is 0. The molecule has 0 aromatic heterocycles. The van der Waals surface area contributed by atoms with Gasteiger partial charge in [-0.15, -0.1) is 5.73 Å². The Morgan fingerprint density at radius 3 is 1.41 bits per heavy atom. The summed E-state index contributed by atoms with van der Waals surface area (Å²) in [7, 11) is 0. The molecule has 0 aliphatic heterocycles. The lowest BCUT2D eigenvalue weighted by Crippen LogP contribution is -2.09. The van der Waals surface area contributed by atoms with Crippen LogP contribution in [0.15, 0.2) is 70.9 Å². The van der Waals surface area contributed by atoms with Crippen LogP contribution in [0.2, 0.25) is 40.2 Å². The summed E-state index contributed by atoms with van der Waals surface area (Å²) >= 11 is 52.2. The molecule has 4 rings (SSSR count). The van der Waals surface area contributed by atoms with Crippen LogP contribution in [0.3, 0.4) is 0 Å². The van der Waals surface area contributed by atoms with Crippen LogP contribution in [0.5, 0.6) is 0 Å². The first-order chi connectivity index (χ1) is 16.2. The van der Waals surface area contributed by atoms with Crippen molar-refractivity contribution < 1.29 is 0 Å². The highest BCUT2D eigenvalue weighted by molar-refractivity contribution is 6.43. The first kappa shape index (κ1) is 26.0. The predicted molar refractivity (Wildman–Crippen MR) is 149 cm³/mol. The number of rotatable bonds is 5. The average molecular weight is 608 g/mol. The zero-order valence-corrected chi connectivity index (χ0v) is 22.8. The molecule has 1 nitrogen and oxygen atoms in total. The average Bonchev–Trinajstić information content (AvgIpc) is 3.23. The topological polar surface area (TPSA) is 12.4 Å². The molecule has 1 radical (unpaired) electrons. The quantitative estimate of drug-likeness (QED) is 0.155. The predicted octanol–water partition coefficient (Wildman–Crippen LogP) is 11.3. The van der Waals surface area contributed by atoms with Crippen LogP contribution >= 0.6 is 92.8 Å². The highest BCUT2D eigenvalue weighted by Crippen LogP contribution is 2.50. The first-order valence-electron chi connectivity index (χ1n) is 9.49. The minimum atomic E-state index is 0.260. The minimum Gasteiger partial charge on any atom is -0.256 e. The molecular formula is C25H10Cl8N. The molecule has 0 saturated heterocycles. The van der Waals surface area contributed by atoms with Gasteiger partial charge in [-0.25, -0.2) is 0 Å². The molecule has 0 heterocycles. The van der Waals surface area contributed by atoms with E-state index in [1.165, 1.54) is 0 Å². The lowest BCUT2D eigenvalue weighted by molar-refractivity contribution is 1.23. The molecular weight excluding hydrogens is 598 g/mol. The van der Waals surface area contributed by atoms with E-state index >= 15 is 0 Å². The van der Waals surface area contributed by atoms with Gasteiger partial charge in [0.1, 0.15) is 0 Å². The van der Waals surface area contributed by atoms with Gasteiger partial charge in [0, 0.05) is 68.7 Å². The number of benzene rings is 3. The van der Waals surface area contributed by atoms with Crippen molar-refractivity contribution in [3.63, 3.8) is 0 Å². The van der Waals surface area contributed by atoms with Gasteiger partial charge < -0.3 is 0 Å². The largest absolute Gasteiger partial charge is 0.256 e. The third-order valence-electron chi connectivity index (χ3n) is 4.77. The monoisotopic (exact) mass is 604 g/mol. The second-order valence-corrected chi connectivity index (χ2v) is 10.3. The smallest absolute Gasteiger partial charge is 0.0720 e. The highest BCUT2D eigenvalue weighted by atomic mass is 35.5. The lowest BCUT2D eigenvalue weighted by atomic mass is 9.84. The molecule has 0 bridgehead atoms. The zero-order chi connectivity index (χ0) is 24.6. The third-order valence-corrected chi connectivity index (χ3v) is 6.99. The molecule has 0 N–H and O–H groups in total. The summed E-state index contributed by atoms with van der Waals surface area (Å²) in [5.74, 6) is 0.424. The Balaban J connectivity index is 1.95. The molecule has 34 heavy (non-hydrogen) atoms. The standard InChI is InChI=1S/C25H10Cl8N/c26-13-5-16(28)22(17(29)6-13)25(23-18(30)7-14(27)8-19(23)31)24-20(32)9-15(10-21(24)33)34-11-12-3-1-2-4-12/h1-3,5-11H. The van der Waals surface area contributed by atoms with Crippen LogP contribution in [-0.2, 0) is 0 Å². The Bertz CT molecular complexity index is 1300. The minimum absolute atomic E-state index is 0.260. The first-order valence-corrected chi connectivity index (χ1v) is 12.5. The Hall–Kier alpha value is -1.09. The van der Waals surface area contributed by atoms with E-state index in [2.05, 4.69) is 10.7 Å². The fourth-order valence-corrected chi connectivity index (χ4v) is 6.06. The maximum absolute atomic E-state index is 6.75. The molecule has 171 valence electrons. The Kier molecular flexibility index (Phi) is 8.32. The van der Waals surface area contributed by atoms with Gasteiger partial charge in [0.05, 0.1) is 11.6 Å². The van der Waals surface area contributed by atoms with Crippen LogP contribution in [0.1, 0.15) is 16.7 Å². The Labute approximate surface area is 236 Å². The van der Waals surface area contributed by atoms with Crippen molar-refractivity contribution in [3.05, 3.63) is 129 Å². The van der Waals surface area contributed by atoms with Crippen molar-refractivity contribution in [2.45, 2.75) is 0 Å². The number of aliphatic imine (C=N–C) groups is 1. The normalized spacial score (nSPS) is 12.9. The van der Waals surface area contributed by atoms with Crippen LogP contribution in [0, 0.1) is 5.92 Å². The van der Waals surface area contributed by atoms with E-state index in [-0.39, 0.29) is 30.1 Å². The van der Waals surface area contributed by atoms with Gasteiger partial charge in [-0.05, 0) is 48.6 Å². The lowest BCUT2D eigenvalue weighted by Gasteiger charge is -2.25. The van der Waals surface area contributed by atoms with Crippen molar-refractivity contribution in [3.8, 4) is 0 Å². The van der Waals surface area contributed by atoms with Gasteiger partial charge in [0.15, 0.2) is 0 Å². The van der Waals surface area contributed by atoms with E-state index in [4.69, 9.17) is 92.8 Å². The van der Waals surface area contributed by atoms with Gasteiger partial charge in [0.25, 0.3) is 0 Å². The maximum Gasteiger partial charge on any atom is 0.0720 e. The number of halogens is 8. The molecule has 0 saturated carbocycles. The van der Waals surface area contributed by atoms with Gasteiger partial charge in [-0.3, -0.25) is 4.99 Å². The van der Waals surface area contributed by atoms with Gasteiger partial charge in [-0.2, -0.15) is 0 Å². The number of allylic oxidation sites excluding steroid dienone is 3. The molecule has 1 aliphatic carbocycles. The number of hydrogen-bond acceptors (Lipinski definition) is 1. The highest BCUT2D eigenvalue weighted by Gasteiger charge is 2.31. The summed E-state index contributed by atoms with van der Waals surface area (Å²) < 4.78 is 0. The number of nitrogens with zero attached hydrogens (tertiary/aromatic N) is 1. The molecule has 0 fully saturated rings. The van der Waals surface area contributed by atoms with Crippen molar-refractivity contribution in [1.29, 1.82) is 0 Å². The van der Waals surface area contributed by atoms with Crippen LogP contribution < -0.4 is 0 Å². The van der Waals surface area contributed by atoms with Gasteiger partial charge in [-0.1, -0.05) is 98.9 Å². The summed E-state index contributed by atoms with van der Waals surface area (Å²) in [6, 6.07) is 9.55. The molecule has 3 aromatic carbocycles. The van der Waals surface area contributed by atoms with Crippen molar-refractivity contribution in [2.75, 3.05) is 0 Å². The second kappa shape index (κ2) is 10.9. The second-order valence-electron chi connectivity index (χ2n) is 7.03. The fourth-order valence-electron chi connectivity index (χ4n) is 3.38. The third kappa shape index (κ3) is 5.50. The summed E-state index contributed by atoms with van der Waals surface area (Å²) in [6.45, 7) is 0. The Morgan fingerprint density at radius 2 is 1.03 bits per heavy atom. The van der Waals surface area contributed by atoms with E-state index in [9.17, 15) is 0 Å². The van der Waals surface area contributed by atoms with E-state index in [0.29, 0.717) is 38.3 Å². The number of hydrogen-bond donors (Lipinski definition) is 0. The maximum atomic E-state index is 6.75. The van der Waals surface area contributed by atoms with Gasteiger partial charge >= 0.3 is 0 Å². The van der Waals surface area contributed by atoms with Crippen LogP contribution in [0.4, 0.5) is 5.69 Å². The Morgan fingerprint density at radius 1 is 0.618 bits per heavy atom. The van der Waals surface area contributed by atoms with E-state index in [1.54, 1.807) is 48.7 Å². The molecule has 9 heteroatoms. The van der Waals surface area contributed by atoms with Crippen molar-refractivity contribution in [1.82, 2.24) is 0 Å². The van der Waals surface area contributed by atoms with E-state index in [1.807, 2.05) is 12.2 Å². The summed E-state index contributed by atoms with van der Waals surface area (Å²) in [5.41, 5.74) is 5.63. The molecule has 0 amide bonds. The van der Waals surface area contributed by atoms with Gasteiger partial charge in [0.2, 0.25) is 0 Å². The van der Waals surface area contributed by atoms with Crippen molar-refractivity contribution in [2.24, 2.45) is 4.99 Å². The van der Waals surface area contributed by atoms with E-state index in [0.717, 1.165) is 5.57 Å². The molecule has 0 spiro atoms. The van der Waals surface area contributed by atoms with Crippen LogP contribution in [0.25, 0.3) is 0 Å². The zero-order valence-electron chi connectivity index (χ0n) is 16.7. The molecule has 0 atom stereocenters. The van der Waals surface area contributed by atoms with Crippen molar-refractivity contribution >= 4 is 105 Å². The summed E-state index contributed by atoms with van der Waals surface area (Å²) in [4.78, 5) is 4.44. The molecule has 0 unspecified atom stereocenters. The van der Waals surface area contributed by atoms with E-state index < -0.39 is 0 Å². The molecule has 3 aromatic rings. The summed E-state index contributed by atoms with van der Waals surface area (Å²) in [6.07, 6.45) is 7.20. The molecule has 1 aliphatic rings. The van der Waals surface area contributed by atoms with Crippen LogP contribution in [-0.4, -0.2) is 6.21 Å². The SMILES string of the molecule is Clc1cc(Cl)c([C](c2c(Cl)cc(Cl)cc2Cl)c2c(Cl)cc(N=CC3=C=CC=C3)cc2Cl)c(Cl)c1.